The summed E-state index contributed by atoms with van der Waals surface area (Å²) in [6, 6.07) is 4.83. The number of halogens is 5. The molecule has 1 heterocycles. The van der Waals surface area contributed by atoms with Crippen molar-refractivity contribution in [1.82, 2.24) is 15.6 Å². The topological polar surface area (TPSA) is 83.1 Å². The Labute approximate surface area is 181 Å². The van der Waals surface area contributed by atoms with Gasteiger partial charge in [0.25, 0.3) is 5.91 Å². The number of hydrogen-bond acceptors (Lipinski definition) is 4. The number of aromatic nitrogens is 1. The summed E-state index contributed by atoms with van der Waals surface area (Å²) in [5, 5.41) is 7.77. The van der Waals surface area contributed by atoms with Gasteiger partial charge >= 0.3 is 6.18 Å². The summed E-state index contributed by atoms with van der Waals surface area (Å²) in [6.45, 7) is 3.74. The van der Waals surface area contributed by atoms with Crippen molar-refractivity contribution in [3.63, 3.8) is 0 Å². The number of nitrogens with zero attached hydrogens (tertiary/aromatic N) is 1. The standard InChI is InChI=1S/C20H21ClF4N4O2/c1-11(2)16(29-18(30)12-3-5-14(22)6-4-12)19(31)27-8-7-26-17-15(21)9-13(10-28-17)20(23,24)25/h3-6,9-11,16H,7-8H2,1-2H3,(H,26,28)(H,27,31)(H,29,30). The number of nitrogens with one attached hydrogen (secondary N) is 3. The van der Waals surface area contributed by atoms with E-state index in [-0.39, 0.29) is 35.4 Å². The van der Waals surface area contributed by atoms with Crippen molar-refractivity contribution in [2.24, 2.45) is 5.92 Å². The van der Waals surface area contributed by atoms with Gasteiger partial charge in [0.05, 0.1) is 10.6 Å². The maximum atomic E-state index is 13.0. The van der Waals surface area contributed by atoms with Crippen LogP contribution < -0.4 is 16.0 Å². The van der Waals surface area contributed by atoms with E-state index in [2.05, 4.69) is 20.9 Å². The van der Waals surface area contributed by atoms with Crippen LogP contribution in [0.5, 0.6) is 0 Å². The van der Waals surface area contributed by atoms with Gasteiger partial charge in [-0.25, -0.2) is 9.37 Å². The molecule has 0 saturated carbocycles. The Morgan fingerprint density at radius 2 is 1.77 bits per heavy atom. The van der Waals surface area contributed by atoms with Gasteiger partial charge in [-0.1, -0.05) is 25.4 Å². The van der Waals surface area contributed by atoms with Crippen LogP contribution in [-0.2, 0) is 11.0 Å². The van der Waals surface area contributed by atoms with Gasteiger partial charge in [-0.2, -0.15) is 13.2 Å². The molecule has 168 valence electrons. The first-order chi connectivity index (χ1) is 14.5. The van der Waals surface area contributed by atoms with Crippen LogP contribution in [0.15, 0.2) is 36.5 Å². The lowest BCUT2D eigenvalue weighted by atomic mass is 10.0. The van der Waals surface area contributed by atoms with Gasteiger partial charge in [-0.3, -0.25) is 9.59 Å². The fourth-order valence-electron chi connectivity index (χ4n) is 2.56. The summed E-state index contributed by atoms with van der Waals surface area (Å²) < 4.78 is 50.9. The second-order valence-corrected chi connectivity index (χ2v) is 7.38. The minimum Gasteiger partial charge on any atom is -0.367 e. The largest absolute Gasteiger partial charge is 0.417 e. The lowest BCUT2D eigenvalue weighted by molar-refractivity contribution is -0.137. The lowest BCUT2D eigenvalue weighted by Gasteiger charge is -2.22. The SMILES string of the molecule is CC(C)C(NC(=O)c1ccc(F)cc1)C(=O)NCCNc1ncc(C(F)(F)F)cc1Cl. The number of alkyl halides is 3. The third-order valence-corrected chi connectivity index (χ3v) is 4.52. The zero-order valence-electron chi connectivity index (χ0n) is 16.7. The van der Waals surface area contributed by atoms with Crippen molar-refractivity contribution < 1.29 is 27.2 Å². The molecule has 1 aromatic heterocycles. The maximum absolute atomic E-state index is 13.0. The first-order valence-corrected chi connectivity index (χ1v) is 9.67. The predicted octanol–water partition coefficient (Wildman–Crippen LogP) is 3.88. The molecule has 1 unspecified atom stereocenters. The molecule has 0 spiro atoms. The van der Waals surface area contributed by atoms with E-state index in [9.17, 15) is 27.2 Å². The molecule has 0 fully saturated rings. The van der Waals surface area contributed by atoms with E-state index in [0.717, 1.165) is 18.2 Å². The van der Waals surface area contributed by atoms with Crippen LogP contribution in [-0.4, -0.2) is 35.9 Å². The number of amides is 2. The zero-order chi connectivity index (χ0) is 23.2. The molecule has 0 bridgehead atoms. The molecular weight excluding hydrogens is 440 g/mol. The average molecular weight is 461 g/mol. The lowest BCUT2D eigenvalue weighted by Crippen LogP contribution is -2.50. The Morgan fingerprint density at radius 3 is 2.32 bits per heavy atom. The van der Waals surface area contributed by atoms with Crippen molar-refractivity contribution in [3.8, 4) is 0 Å². The molecule has 2 rings (SSSR count). The number of anilines is 1. The maximum Gasteiger partial charge on any atom is 0.417 e. The van der Waals surface area contributed by atoms with E-state index in [1.54, 1.807) is 13.8 Å². The van der Waals surface area contributed by atoms with Crippen molar-refractivity contribution in [3.05, 3.63) is 58.5 Å². The smallest absolute Gasteiger partial charge is 0.367 e. The van der Waals surface area contributed by atoms with E-state index in [1.807, 2.05) is 0 Å². The van der Waals surface area contributed by atoms with E-state index in [4.69, 9.17) is 11.6 Å². The van der Waals surface area contributed by atoms with Crippen LogP contribution in [0.25, 0.3) is 0 Å². The summed E-state index contributed by atoms with van der Waals surface area (Å²) in [5.74, 6) is -1.63. The Kier molecular flexibility index (Phi) is 8.21. The van der Waals surface area contributed by atoms with Gasteiger partial charge in [0.1, 0.15) is 17.7 Å². The van der Waals surface area contributed by atoms with Gasteiger partial charge in [0.2, 0.25) is 5.91 Å². The molecule has 31 heavy (non-hydrogen) atoms. The molecule has 0 aliphatic carbocycles. The first-order valence-electron chi connectivity index (χ1n) is 9.29. The molecule has 1 aromatic carbocycles. The fraction of sp³-hybridized carbons (Fsp3) is 0.350. The Bertz CT molecular complexity index is 920. The van der Waals surface area contributed by atoms with Crippen LogP contribution in [0.3, 0.4) is 0 Å². The highest BCUT2D eigenvalue weighted by Gasteiger charge is 2.31. The molecular formula is C20H21ClF4N4O2. The summed E-state index contributed by atoms with van der Waals surface area (Å²) in [5.41, 5.74) is -0.752. The predicted molar refractivity (Wildman–Crippen MR) is 108 cm³/mol. The third kappa shape index (κ3) is 7.09. The molecule has 6 nitrogen and oxygen atoms in total. The summed E-state index contributed by atoms with van der Waals surface area (Å²) >= 11 is 5.81. The van der Waals surface area contributed by atoms with Gasteiger partial charge in [0.15, 0.2) is 0 Å². The second-order valence-electron chi connectivity index (χ2n) is 6.97. The van der Waals surface area contributed by atoms with E-state index in [0.29, 0.717) is 6.20 Å². The van der Waals surface area contributed by atoms with Crippen molar-refractivity contribution in [1.29, 1.82) is 0 Å². The van der Waals surface area contributed by atoms with Crippen LogP contribution in [0, 0.1) is 11.7 Å². The Hall–Kier alpha value is -2.88. The first kappa shape index (κ1) is 24.4. The molecule has 0 aliphatic rings. The van der Waals surface area contributed by atoms with E-state index in [1.165, 1.54) is 12.1 Å². The molecule has 3 N–H and O–H groups in total. The van der Waals surface area contributed by atoms with Crippen LogP contribution >= 0.6 is 11.6 Å². The van der Waals surface area contributed by atoms with Crippen LogP contribution in [0.4, 0.5) is 23.4 Å². The molecule has 0 saturated heterocycles. The molecule has 0 radical (unpaired) electrons. The summed E-state index contributed by atoms with van der Waals surface area (Å²) in [7, 11) is 0. The van der Waals surface area contributed by atoms with Gasteiger partial charge in [-0.05, 0) is 36.2 Å². The fourth-order valence-corrected chi connectivity index (χ4v) is 2.79. The minimum absolute atomic E-state index is 0.0499. The number of rotatable bonds is 8. The Balaban J connectivity index is 1.88. The van der Waals surface area contributed by atoms with Crippen molar-refractivity contribution in [2.75, 3.05) is 18.4 Å². The van der Waals surface area contributed by atoms with E-state index >= 15 is 0 Å². The minimum atomic E-state index is -4.55. The van der Waals surface area contributed by atoms with E-state index < -0.39 is 35.4 Å². The number of carbonyl (C=O) groups excluding carboxylic acids is 2. The van der Waals surface area contributed by atoms with Gasteiger partial charge in [0, 0.05) is 24.8 Å². The highest BCUT2D eigenvalue weighted by molar-refractivity contribution is 6.32. The average Bonchev–Trinajstić information content (AvgIpc) is 2.69. The van der Waals surface area contributed by atoms with Gasteiger partial charge < -0.3 is 16.0 Å². The second kappa shape index (κ2) is 10.4. The molecule has 11 heteroatoms. The monoisotopic (exact) mass is 460 g/mol. The summed E-state index contributed by atoms with van der Waals surface area (Å²) in [6.07, 6.45) is -3.89. The molecule has 0 aliphatic heterocycles. The number of pyridine rings is 1. The van der Waals surface area contributed by atoms with Crippen LogP contribution in [0.2, 0.25) is 5.02 Å². The number of carbonyl (C=O) groups is 2. The highest BCUT2D eigenvalue weighted by Crippen LogP contribution is 2.32. The molecule has 2 amide bonds. The Morgan fingerprint density at radius 1 is 1.13 bits per heavy atom. The van der Waals surface area contributed by atoms with Gasteiger partial charge in [-0.15, -0.1) is 0 Å². The quantitative estimate of drug-likeness (QED) is 0.412. The van der Waals surface area contributed by atoms with Crippen molar-refractivity contribution >= 4 is 29.2 Å². The third-order valence-electron chi connectivity index (χ3n) is 4.23. The number of benzene rings is 1. The number of hydrogen-bond donors (Lipinski definition) is 3. The van der Waals surface area contributed by atoms with Crippen LogP contribution in [0.1, 0.15) is 29.8 Å². The van der Waals surface area contributed by atoms with Crippen molar-refractivity contribution in [2.45, 2.75) is 26.1 Å². The molecule has 2 aromatic rings. The summed E-state index contributed by atoms with van der Waals surface area (Å²) in [4.78, 5) is 28.4. The molecule has 1 atom stereocenters. The zero-order valence-corrected chi connectivity index (χ0v) is 17.4. The normalized spacial score (nSPS) is 12.4. The highest BCUT2D eigenvalue weighted by atomic mass is 35.5.